The number of aryl methyl sites for hydroxylation is 1. The normalized spacial score (nSPS) is 10.9. The largest absolute Gasteiger partial charge is 0.310 e. The maximum atomic E-state index is 12.5. The number of nitrogens with one attached hydrogen (secondary N) is 1. The van der Waals surface area contributed by atoms with E-state index in [9.17, 15) is 4.79 Å². The van der Waals surface area contributed by atoms with Gasteiger partial charge in [-0.05, 0) is 36.8 Å². The van der Waals surface area contributed by atoms with E-state index in [1.165, 1.54) is 0 Å². The van der Waals surface area contributed by atoms with Gasteiger partial charge in [-0.3, -0.25) is 10.1 Å². The Labute approximate surface area is 147 Å². The van der Waals surface area contributed by atoms with Crippen molar-refractivity contribution in [1.29, 1.82) is 0 Å². The molecule has 1 aromatic heterocycles. The van der Waals surface area contributed by atoms with Crippen molar-refractivity contribution in [3.8, 4) is 0 Å². The van der Waals surface area contributed by atoms with Crippen LogP contribution >= 0.6 is 27.5 Å². The zero-order valence-electron chi connectivity index (χ0n) is 12.5. The first-order valence-corrected chi connectivity index (χ1v) is 8.49. The van der Waals surface area contributed by atoms with Crippen LogP contribution in [0.3, 0.4) is 0 Å². The quantitative estimate of drug-likeness (QED) is 0.670. The molecule has 0 saturated carbocycles. The van der Waals surface area contributed by atoms with Gasteiger partial charge in [0, 0.05) is 11.0 Å². The molecular formula is C17H15BrClN3O. The molecule has 0 spiro atoms. The summed E-state index contributed by atoms with van der Waals surface area (Å²) in [6.07, 6.45) is 0.947. The number of para-hydroxylation sites is 2. The second kappa shape index (κ2) is 6.72. The monoisotopic (exact) mass is 391 g/mol. The van der Waals surface area contributed by atoms with E-state index in [2.05, 4.69) is 33.2 Å². The van der Waals surface area contributed by atoms with Crippen LogP contribution in [0.2, 0.25) is 5.02 Å². The van der Waals surface area contributed by atoms with Crippen LogP contribution in [-0.4, -0.2) is 15.5 Å². The van der Waals surface area contributed by atoms with Gasteiger partial charge in [-0.2, -0.15) is 0 Å². The van der Waals surface area contributed by atoms with Gasteiger partial charge in [-0.1, -0.05) is 46.6 Å². The molecule has 6 heteroatoms. The Hall–Kier alpha value is -1.85. The van der Waals surface area contributed by atoms with Crippen LogP contribution < -0.4 is 5.32 Å². The fourth-order valence-corrected chi connectivity index (χ4v) is 3.22. The molecule has 4 nitrogen and oxygen atoms in total. The molecule has 0 fully saturated rings. The SMILES string of the molecule is CCCn1c(NC(=O)c2ccc(Br)cc2Cl)nc2ccccc21. The van der Waals surface area contributed by atoms with Crippen LogP contribution in [0.4, 0.5) is 5.95 Å². The Morgan fingerprint density at radius 2 is 2.09 bits per heavy atom. The third-order valence-corrected chi connectivity index (χ3v) is 4.31. The van der Waals surface area contributed by atoms with Crippen LogP contribution in [0.1, 0.15) is 23.7 Å². The summed E-state index contributed by atoms with van der Waals surface area (Å²) in [5.41, 5.74) is 2.29. The third-order valence-electron chi connectivity index (χ3n) is 3.50. The van der Waals surface area contributed by atoms with Gasteiger partial charge >= 0.3 is 0 Å². The number of nitrogens with zero attached hydrogens (tertiary/aromatic N) is 2. The number of carbonyl (C=O) groups excluding carboxylic acids is 1. The number of carbonyl (C=O) groups is 1. The Morgan fingerprint density at radius 1 is 1.30 bits per heavy atom. The fourth-order valence-electron chi connectivity index (χ4n) is 2.46. The van der Waals surface area contributed by atoms with Crippen LogP contribution in [0.5, 0.6) is 0 Å². The molecule has 0 aliphatic heterocycles. The van der Waals surface area contributed by atoms with Crippen molar-refractivity contribution in [3.63, 3.8) is 0 Å². The van der Waals surface area contributed by atoms with Gasteiger partial charge in [0.1, 0.15) is 0 Å². The average molecular weight is 393 g/mol. The first-order chi connectivity index (χ1) is 11.1. The minimum absolute atomic E-state index is 0.268. The molecule has 0 atom stereocenters. The molecule has 118 valence electrons. The highest BCUT2D eigenvalue weighted by atomic mass is 79.9. The van der Waals surface area contributed by atoms with E-state index in [1.807, 2.05) is 28.8 Å². The lowest BCUT2D eigenvalue weighted by atomic mass is 10.2. The molecule has 1 amide bonds. The number of hydrogen-bond donors (Lipinski definition) is 1. The van der Waals surface area contributed by atoms with Crippen molar-refractivity contribution in [2.75, 3.05) is 5.32 Å². The van der Waals surface area contributed by atoms with Gasteiger partial charge in [-0.25, -0.2) is 4.98 Å². The van der Waals surface area contributed by atoms with Crippen LogP contribution in [0.25, 0.3) is 11.0 Å². The number of amides is 1. The molecule has 3 aromatic rings. The summed E-state index contributed by atoms with van der Waals surface area (Å²) in [6, 6.07) is 13.0. The first kappa shape index (κ1) is 16.0. The zero-order chi connectivity index (χ0) is 16.4. The van der Waals surface area contributed by atoms with Crippen molar-refractivity contribution in [2.24, 2.45) is 0 Å². The van der Waals surface area contributed by atoms with Gasteiger partial charge in [-0.15, -0.1) is 0 Å². The van der Waals surface area contributed by atoms with Gasteiger partial charge in [0.15, 0.2) is 0 Å². The standard InChI is InChI=1S/C17H15BrClN3O/c1-2-9-22-15-6-4-3-5-14(15)20-17(22)21-16(23)12-8-7-11(18)10-13(12)19/h3-8,10H,2,9H2,1H3,(H,20,21,23). The molecule has 23 heavy (non-hydrogen) atoms. The van der Waals surface area contributed by atoms with Crippen LogP contribution in [0, 0.1) is 0 Å². The molecule has 0 radical (unpaired) electrons. The van der Waals surface area contributed by atoms with E-state index in [-0.39, 0.29) is 5.91 Å². The second-order valence-corrected chi connectivity index (χ2v) is 6.48. The summed E-state index contributed by atoms with van der Waals surface area (Å²) in [7, 11) is 0. The van der Waals surface area contributed by atoms with E-state index >= 15 is 0 Å². The molecule has 0 saturated heterocycles. The lowest BCUT2D eigenvalue weighted by Gasteiger charge is -2.10. The van der Waals surface area contributed by atoms with Crippen LogP contribution in [0.15, 0.2) is 46.9 Å². The van der Waals surface area contributed by atoms with Crippen molar-refractivity contribution < 1.29 is 4.79 Å². The Kier molecular flexibility index (Phi) is 4.68. The van der Waals surface area contributed by atoms with E-state index in [0.717, 1.165) is 28.5 Å². The van der Waals surface area contributed by atoms with E-state index in [1.54, 1.807) is 18.2 Å². The smallest absolute Gasteiger partial charge is 0.259 e. The van der Waals surface area contributed by atoms with Crippen molar-refractivity contribution in [2.45, 2.75) is 19.9 Å². The minimum Gasteiger partial charge on any atom is -0.310 e. The highest BCUT2D eigenvalue weighted by Crippen LogP contribution is 2.24. The number of rotatable bonds is 4. The third kappa shape index (κ3) is 3.26. The maximum Gasteiger partial charge on any atom is 0.259 e. The fraction of sp³-hybridized carbons (Fsp3) is 0.176. The average Bonchev–Trinajstić information content (AvgIpc) is 2.85. The number of benzene rings is 2. The van der Waals surface area contributed by atoms with Gasteiger partial charge in [0.05, 0.1) is 21.6 Å². The van der Waals surface area contributed by atoms with Crippen molar-refractivity contribution in [1.82, 2.24) is 9.55 Å². The van der Waals surface area contributed by atoms with Gasteiger partial charge < -0.3 is 4.57 Å². The zero-order valence-corrected chi connectivity index (χ0v) is 14.9. The molecule has 1 heterocycles. The molecular weight excluding hydrogens is 378 g/mol. The second-order valence-electron chi connectivity index (χ2n) is 5.15. The molecule has 0 aliphatic carbocycles. The van der Waals surface area contributed by atoms with Gasteiger partial charge in [0.2, 0.25) is 5.95 Å². The summed E-state index contributed by atoms with van der Waals surface area (Å²) in [5.74, 6) is 0.271. The van der Waals surface area contributed by atoms with E-state index in [4.69, 9.17) is 11.6 Å². The topological polar surface area (TPSA) is 46.9 Å². The summed E-state index contributed by atoms with van der Waals surface area (Å²) in [6.45, 7) is 2.87. The Bertz CT molecular complexity index is 875. The molecule has 2 aromatic carbocycles. The number of anilines is 1. The molecule has 0 unspecified atom stereocenters. The first-order valence-electron chi connectivity index (χ1n) is 7.32. The number of imidazole rings is 1. The predicted molar refractivity (Wildman–Crippen MR) is 97.1 cm³/mol. The Balaban J connectivity index is 1.97. The Morgan fingerprint density at radius 3 is 2.83 bits per heavy atom. The summed E-state index contributed by atoms with van der Waals surface area (Å²) in [4.78, 5) is 17.0. The van der Waals surface area contributed by atoms with E-state index < -0.39 is 0 Å². The minimum atomic E-state index is -0.268. The number of aromatic nitrogens is 2. The molecule has 0 bridgehead atoms. The summed E-state index contributed by atoms with van der Waals surface area (Å²) in [5, 5.41) is 3.27. The maximum absolute atomic E-state index is 12.5. The molecule has 0 aliphatic rings. The molecule has 3 rings (SSSR count). The predicted octanol–water partition coefficient (Wildman–Crippen LogP) is 5.11. The highest BCUT2D eigenvalue weighted by Gasteiger charge is 2.16. The molecule has 1 N–H and O–H groups in total. The van der Waals surface area contributed by atoms with Crippen molar-refractivity contribution in [3.05, 3.63) is 57.5 Å². The van der Waals surface area contributed by atoms with Crippen molar-refractivity contribution >= 4 is 50.4 Å². The number of halogens is 2. The summed E-state index contributed by atoms with van der Waals surface area (Å²) >= 11 is 9.49. The lowest BCUT2D eigenvalue weighted by Crippen LogP contribution is -2.16. The summed E-state index contributed by atoms with van der Waals surface area (Å²) < 4.78 is 2.84. The lowest BCUT2D eigenvalue weighted by molar-refractivity contribution is 0.102. The highest BCUT2D eigenvalue weighted by molar-refractivity contribution is 9.10. The number of hydrogen-bond acceptors (Lipinski definition) is 2. The number of fused-ring (bicyclic) bond motifs is 1. The van der Waals surface area contributed by atoms with Gasteiger partial charge in [0.25, 0.3) is 5.91 Å². The van der Waals surface area contributed by atoms with Crippen LogP contribution in [-0.2, 0) is 6.54 Å². The van der Waals surface area contributed by atoms with E-state index in [0.29, 0.717) is 16.5 Å².